The summed E-state index contributed by atoms with van der Waals surface area (Å²) >= 11 is 1.56. The highest BCUT2D eigenvalue weighted by molar-refractivity contribution is 8.00. The minimum Gasteiger partial charge on any atom is -0.326 e. The second-order valence-corrected chi connectivity index (χ2v) is 5.77. The summed E-state index contributed by atoms with van der Waals surface area (Å²) in [5.41, 5.74) is 13.6. The molecule has 1 aromatic rings. The van der Waals surface area contributed by atoms with Crippen LogP contribution in [0.3, 0.4) is 0 Å². The van der Waals surface area contributed by atoms with Gasteiger partial charge in [0.2, 0.25) is 5.91 Å². The van der Waals surface area contributed by atoms with Crippen LogP contribution in [0.5, 0.6) is 0 Å². The Morgan fingerprint density at radius 3 is 2.76 bits per heavy atom. The molecule has 0 bridgehead atoms. The van der Waals surface area contributed by atoms with Gasteiger partial charge in [-0.2, -0.15) is 0 Å². The fourth-order valence-corrected chi connectivity index (χ4v) is 2.67. The molecule has 0 spiro atoms. The third-order valence-corrected chi connectivity index (χ3v) is 4.06. The highest BCUT2D eigenvalue weighted by atomic mass is 32.2. The third kappa shape index (κ3) is 2.46. The molecule has 17 heavy (non-hydrogen) atoms. The summed E-state index contributed by atoms with van der Waals surface area (Å²) < 4.78 is 0. The van der Waals surface area contributed by atoms with Crippen LogP contribution in [0.4, 0.5) is 5.69 Å². The number of carbonyl (C=O) groups is 1. The van der Waals surface area contributed by atoms with E-state index in [4.69, 9.17) is 11.5 Å². The first-order valence-corrected chi connectivity index (χ1v) is 6.49. The molecule has 2 rings (SSSR count). The number of rotatable bonds is 2. The molecule has 1 heterocycles. The van der Waals surface area contributed by atoms with E-state index in [1.54, 1.807) is 11.8 Å². The smallest absolute Gasteiger partial charge is 0.237 e. The standard InChI is InChI=1S/C12H17N3OS/c1-6(13)11(14)8-3-4-10-9(5-8)15-12(16)7(2)17-10/h3-7,11H,13-14H2,1-2H3,(H,15,16). The molecular weight excluding hydrogens is 234 g/mol. The van der Waals surface area contributed by atoms with Crippen molar-refractivity contribution in [2.75, 3.05) is 5.32 Å². The van der Waals surface area contributed by atoms with Crippen molar-refractivity contribution in [2.24, 2.45) is 11.5 Å². The Bertz CT molecular complexity index is 447. The molecule has 3 unspecified atom stereocenters. The lowest BCUT2D eigenvalue weighted by atomic mass is 10.0. The number of nitrogens with one attached hydrogen (secondary N) is 1. The maximum absolute atomic E-state index is 11.6. The maximum atomic E-state index is 11.6. The van der Waals surface area contributed by atoms with Crippen LogP contribution in [0, 0.1) is 0 Å². The van der Waals surface area contributed by atoms with E-state index in [1.165, 1.54) is 0 Å². The molecule has 3 atom stereocenters. The van der Waals surface area contributed by atoms with Gasteiger partial charge in [0.1, 0.15) is 0 Å². The first-order chi connectivity index (χ1) is 7.99. The fraction of sp³-hybridized carbons (Fsp3) is 0.417. The number of thioether (sulfide) groups is 1. The van der Waals surface area contributed by atoms with Crippen molar-refractivity contribution in [1.82, 2.24) is 0 Å². The van der Waals surface area contributed by atoms with Crippen LogP contribution >= 0.6 is 11.8 Å². The van der Waals surface area contributed by atoms with Gasteiger partial charge in [-0.05, 0) is 31.5 Å². The number of amides is 1. The molecule has 0 radical (unpaired) electrons. The molecule has 0 saturated carbocycles. The van der Waals surface area contributed by atoms with Crippen molar-refractivity contribution in [3.05, 3.63) is 23.8 Å². The monoisotopic (exact) mass is 251 g/mol. The normalized spacial score (nSPS) is 22.6. The van der Waals surface area contributed by atoms with Gasteiger partial charge in [-0.3, -0.25) is 4.79 Å². The molecule has 0 aliphatic carbocycles. The summed E-state index contributed by atoms with van der Waals surface area (Å²) in [5.74, 6) is 0.0361. The van der Waals surface area contributed by atoms with Crippen molar-refractivity contribution in [1.29, 1.82) is 0 Å². The molecule has 0 fully saturated rings. The van der Waals surface area contributed by atoms with Crippen molar-refractivity contribution in [3.63, 3.8) is 0 Å². The number of hydrogen-bond acceptors (Lipinski definition) is 4. The first-order valence-electron chi connectivity index (χ1n) is 5.61. The molecule has 1 amide bonds. The lowest BCUT2D eigenvalue weighted by Crippen LogP contribution is -2.31. The van der Waals surface area contributed by atoms with Gasteiger partial charge in [-0.15, -0.1) is 11.8 Å². The summed E-state index contributed by atoms with van der Waals surface area (Å²) in [5, 5.41) is 2.84. The van der Waals surface area contributed by atoms with E-state index < -0.39 is 0 Å². The SMILES string of the molecule is CC1Sc2ccc(C(N)C(C)N)cc2NC1=O. The van der Waals surface area contributed by atoms with Crippen LogP contribution in [-0.4, -0.2) is 17.2 Å². The zero-order valence-corrected chi connectivity index (χ0v) is 10.8. The number of hydrogen-bond donors (Lipinski definition) is 3. The van der Waals surface area contributed by atoms with E-state index in [0.29, 0.717) is 0 Å². The Morgan fingerprint density at radius 2 is 2.12 bits per heavy atom. The maximum Gasteiger partial charge on any atom is 0.237 e. The van der Waals surface area contributed by atoms with Crippen molar-refractivity contribution in [2.45, 2.75) is 36.1 Å². The minimum absolute atomic E-state index is 0.0361. The number of nitrogens with two attached hydrogens (primary N) is 2. The van der Waals surface area contributed by atoms with Gasteiger partial charge in [-0.25, -0.2) is 0 Å². The summed E-state index contributed by atoms with van der Waals surface area (Å²) in [6.07, 6.45) is 0. The van der Waals surface area contributed by atoms with Crippen molar-refractivity contribution in [3.8, 4) is 0 Å². The molecule has 0 saturated heterocycles. The fourth-order valence-electron chi connectivity index (χ4n) is 1.74. The molecule has 1 aliphatic rings. The van der Waals surface area contributed by atoms with Gasteiger partial charge in [0.05, 0.1) is 10.9 Å². The van der Waals surface area contributed by atoms with Gasteiger partial charge < -0.3 is 16.8 Å². The lowest BCUT2D eigenvalue weighted by molar-refractivity contribution is -0.115. The average Bonchev–Trinajstić information content (AvgIpc) is 2.29. The van der Waals surface area contributed by atoms with Crippen molar-refractivity contribution < 1.29 is 4.79 Å². The van der Waals surface area contributed by atoms with E-state index in [-0.39, 0.29) is 23.2 Å². The average molecular weight is 251 g/mol. The van der Waals surface area contributed by atoms with Gasteiger partial charge in [-0.1, -0.05) is 6.07 Å². The second kappa shape index (κ2) is 4.68. The molecule has 5 heteroatoms. The summed E-state index contributed by atoms with van der Waals surface area (Å²) in [6.45, 7) is 3.77. The molecular formula is C12H17N3OS. The highest BCUT2D eigenvalue weighted by Gasteiger charge is 2.23. The number of fused-ring (bicyclic) bond motifs is 1. The molecule has 4 nitrogen and oxygen atoms in total. The molecule has 92 valence electrons. The Labute approximate surface area is 105 Å². The van der Waals surface area contributed by atoms with E-state index >= 15 is 0 Å². The van der Waals surface area contributed by atoms with E-state index in [0.717, 1.165) is 16.1 Å². The van der Waals surface area contributed by atoms with Gasteiger partial charge >= 0.3 is 0 Å². The number of carbonyl (C=O) groups excluding carboxylic acids is 1. The van der Waals surface area contributed by atoms with E-state index in [1.807, 2.05) is 32.0 Å². The first kappa shape index (κ1) is 12.4. The van der Waals surface area contributed by atoms with Gasteiger partial charge in [0, 0.05) is 17.0 Å². The predicted molar refractivity (Wildman–Crippen MR) is 71.0 cm³/mol. The van der Waals surface area contributed by atoms with Crippen LogP contribution in [0.1, 0.15) is 25.5 Å². The van der Waals surface area contributed by atoms with Crippen LogP contribution < -0.4 is 16.8 Å². The summed E-state index contributed by atoms with van der Waals surface area (Å²) in [6, 6.07) is 5.57. The zero-order valence-electron chi connectivity index (χ0n) is 9.94. The summed E-state index contributed by atoms with van der Waals surface area (Å²) in [7, 11) is 0. The van der Waals surface area contributed by atoms with Crippen LogP contribution in [0.25, 0.3) is 0 Å². The number of benzene rings is 1. The Morgan fingerprint density at radius 1 is 1.41 bits per heavy atom. The quantitative estimate of drug-likeness (QED) is 0.743. The largest absolute Gasteiger partial charge is 0.326 e. The second-order valence-electron chi connectivity index (χ2n) is 4.39. The Hall–Kier alpha value is -1.04. The van der Waals surface area contributed by atoms with Gasteiger partial charge in [0.15, 0.2) is 0 Å². The van der Waals surface area contributed by atoms with E-state index in [2.05, 4.69) is 5.32 Å². The zero-order chi connectivity index (χ0) is 12.6. The molecule has 1 aliphatic heterocycles. The minimum atomic E-state index is -0.207. The lowest BCUT2D eigenvalue weighted by Gasteiger charge is -2.24. The van der Waals surface area contributed by atoms with Crippen molar-refractivity contribution >= 4 is 23.4 Å². The van der Waals surface area contributed by atoms with Crippen LogP contribution in [-0.2, 0) is 4.79 Å². The third-order valence-electron chi connectivity index (χ3n) is 2.89. The number of anilines is 1. The van der Waals surface area contributed by atoms with Gasteiger partial charge in [0.25, 0.3) is 0 Å². The highest BCUT2D eigenvalue weighted by Crippen LogP contribution is 2.36. The Kier molecular flexibility index (Phi) is 3.42. The van der Waals surface area contributed by atoms with E-state index in [9.17, 15) is 4.79 Å². The molecule has 1 aromatic carbocycles. The Balaban J connectivity index is 2.32. The molecule has 5 N–H and O–H groups in total. The predicted octanol–water partition coefficient (Wildman–Crippen LogP) is 1.47. The van der Waals surface area contributed by atoms with Crippen LogP contribution in [0.2, 0.25) is 0 Å². The molecule has 0 aromatic heterocycles. The summed E-state index contributed by atoms with van der Waals surface area (Å²) in [4.78, 5) is 12.7. The topological polar surface area (TPSA) is 81.1 Å². The van der Waals surface area contributed by atoms with Crippen LogP contribution in [0.15, 0.2) is 23.1 Å².